The van der Waals surface area contributed by atoms with Crippen molar-refractivity contribution in [3.8, 4) is 0 Å². The van der Waals surface area contributed by atoms with Crippen molar-refractivity contribution in [2.24, 2.45) is 0 Å². The van der Waals surface area contributed by atoms with Gasteiger partial charge < -0.3 is 0 Å². The van der Waals surface area contributed by atoms with E-state index in [2.05, 4.69) is 68.5 Å². The summed E-state index contributed by atoms with van der Waals surface area (Å²) < 4.78 is 0. The monoisotopic (exact) mass is 293 g/mol. The topological polar surface area (TPSA) is 0 Å². The van der Waals surface area contributed by atoms with Crippen LogP contribution >= 0.6 is 0 Å². The van der Waals surface area contributed by atoms with Gasteiger partial charge in [-0.2, -0.15) is 0 Å². The van der Waals surface area contributed by atoms with E-state index in [0.29, 0.717) is 0 Å². The first-order chi connectivity index (χ1) is 10.0. The van der Waals surface area contributed by atoms with Gasteiger partial charge in [0.2, 0.25) is 0 Å². The molecule has 0 amide bonds. The SMILES string of the molecule is C[Si](C)(C)c1ccc([CH]Cc2ccc3c(c2)CCC3)cc1. The maximum Gasteiger partial charge on any atom is 0.0775 e. The van der Waals surface area contributed by atoms with Crippen LogP contribution in [-0.4, -0.2) is 8.07 Å². The molecule has 0 heterocycles. The predicted octanol–water partition coefficient (Wildman–Crippen LogP) is 4.52. The molecule has 0 atom stereocenters. The van der Waals surface area contributed by atoms with Crippen molar-refractivity contribution in [1.29, 1.82) is 0 Å². The van der Waals surface area contributed by atoms with Crippen molar-refractivity contribution in [2.45, 2.75) is 45.3 Å². The second kappa shape index (κ2) is 5.80. The van der Waals surface area contributed by atoms with Gasteiger partial charge in [0.25, 0.3) is 0 Å². The van der Waals surface area contributed by atoms with Crippen LogP contribution in [0.3, 0.4) is 0 Å². The van der Waals surface area contributed by atoms with Gasteiger partial charge in [-0.05, 0) is 54.4 Å². The van der Waals surface area contributed by atoms with Crippen LogP contribution in [0.15, 0.2) is 42.5 Å². The Hall–Kier alpha value is -1.34. The van der Waals surface area contributed by atoms with Gasteiger partial charge in [0, 0.05) is 0 Å². The molecule has 1 radical (unpaired) electrons. The largest absolute Gasteiger partial charge is 0.0775 e. The molecule has 3 rings (SSSR count). The molecule has 0 unspecified atom stereocenters. The molecular formula is C20H25Si. The van der Waals surface area contributed by atoms with E-state index in [0.717, 1.165) is 6.42 Å². The van der Waals surface area contributed by atoms with Gasteiger partial charge in [-0.3, -0.25) is 0 Å². The van der Waals surface area contributed by atoms with Crippen LogP contribution in [0.2, 0.25) is 19.6 Å². The van der Waals surface area contributed by atoms with E-state index < -0.39 is 8.07 Å². The summed E-state index contributed by atoms with van der Waals surface area (Å²) in [6, 6.07) is 16.2. The third-order valence-corrected chi connectivity index (χ3v) is 6.58. The van der Waals surface area contributed by atoms with Crippen LogP contribution in [0.5, 0.6) is 0 Å². The summed E-state index contributed by atoms with van der Waals surface area (Å²) in [5.41, 5.74) is 5.94. The lowest BCUT2D eigenvalue weighted by atomic mass is 10.0. The third-order valence-electron chi connectivity index (χ3n) is 4.51. The lowest BCUT2D eigenvalue weighted by Gasteiger charge is -2.16. The first-order valence-corrected chi connectivity index (χ1v) is 11.6. The Bertz CT molecular complexity index is 617. The molecule has 0 nitrogen and oxygen atoms in total. The Labute approximate surface area is 130 Å². The Morgan fingerprint density at radius 3 is 2.33 bits per heavy atom. The lowest BCUT2D eigenvalue weighted by molar-refractivity contribution is 0.911. The van der Waals surface area contributed by atoms with Crippen LogP contribution in [0.4, 0.5) is 0 Å². The van der Waals surface area contributed by atoms with Gasteiger partial charge in [-0.15, -0.1) is 0 Å². The van der Waals surface area contributed by atoms with E-state index in [9.17, 15) is 0 Å². The molecule has 21 heavy (non-hydrogen) atoms. The van der Waals surface area contributed by atoms with Gasteiger partial charge in [0.1, 0.15) is 0 Å². The molecule has 1 heteroatoms. The third kappa shape index (κ3) is 3.46. The number of benzene rings is 2. The van der Waals surface area contributed by atoms with Crippen LogP contribution in [-0.2, 0) is 19.3 Å². The fraction of sp³-hybridized carbons (Fsp3) is 0.350. The molecule has 0 bridgehead atoms. The maximum absolute atomic E-state index is 2.41. The lowest BCUT2D eigenvalue weighted by Crippen LogP contribution is -2.37. The number of fused-ring (bicyclic) bond motifs is 1. The zero-order valence-electron chi connectivity index (χ0n) is 13.4. The van der Waals surface area contributed by atoms with Crippen molar-refractivity contribution >= 4 is 13.3 Å². The molecule has 0 spiro atoms. The second-order valence-electron chi connectivity index (χ2n) is 7.24. The average molecular weight is 294 g/mol. The standard InChI is InChI=1S/C20H25Si/c1-21(2,3)20-13-10-16(11-14-20)7-8-17-9-12-18-5-4-6-19(18)15-17/h7,9-15H,4-6,8H2,1-3H3. The highest BCUT2D eigenvalue weighted by Crippen LogP contribution is 2.23. The smallest absolute Gasteiger partial charge is 0.0656 e. The zero-order valence-corrected chi connectivity index (χ0v) is 14.4. The average Bonchev–Trinajstić information content (AvgIpc) is 2.92. The quantitative estimate of drug-likeness (QED) is 0.727. The summed E-state index contributed by atoms with van der Waals surface area (Å²) in [6.07, 6.45) is 7.27. The minimum atomic E-state index is -1.17. The zero-order chi connectivity index (χ0) is 14.9. The Morgan fingerprint density at radius 2 is 1.62 bits per heavy atom. The Kier molecular flexibility index (Phi) is 4.03. The first kappa shape index (κ1) is 14.6. The Balaban J connectivity index is 1.65. The molecule has 0 N–H and O–H groups in total. The summed E-state index contributed by atoms with van der Waals surface area (Å²) in [5.74, 6) is 0. The molecule has 1 aliphatic carbocycles. The van der Waals surface area contributed by atoms with Crippen molar-refractivity contribution in [3.63, 3.8) is 0 Å². The van der Waals surface area contributed by atoms with E-state index in [1.165, 1.54) is 35.6 Å². The van der Waals surface area contributed by atoms with Crippen LogP contribution in [0.25, 0.3) is 0 Å². The van der Waals surface area contributed by atoms with Crippen molar-refractivity contribution in [3.05, 3.63) is 71.1 Å². The van der Waals surface area contributed by atoms with E-state index in [-0.39, 0.29) is 0 Å². The van der Waals surface area contributed by atoms with Gasteiger partial charge in [0.05, 0.1) is 8.07 Å². The fourth-order valence-corrected chi connectivity index (χ4v) is 4.27. The highest BCUT2D eigenvalue weighted by atomic mass is 28.3. The molecule has 0 aromatic heterocycles. The molecular weight excluding hydrogens is 268 g/mol. The maximum atomic E-state index is 2.41. The minimum Gasteiger partial charge on any atom is -0.0656 e. The fourth-order valence-electron chi connectivity index (χ4n) is 3.11. The van der Waals surface area contributed by atoms with Crippen LogP contribution < -0.4 is 5.19 Å². The molecule has 1 aliphatic rings. The van der Waals surface area contributed by atoms with Gasteiger partial charge in [-0.1, -0.05) is 67.3 Å². The molecule has 2 aromatic rings. The number of hydrogen-bond donors (Lipinski definition) is 0. The van der Waals surface area contributed by atoms with E-state index >= 15 is 0 Å². The molecule has 2 aromatic carbocycles. The minimum absolute atomic E-state index is 1.04. The molecule has 109 valence electrons. The van der Waals surface area contributed by atoms with Crippen molar-refractivity contribution < 1.29 is 0 Å². The summed E-state index contributed by atoms with van der Waals surface area (Å²) in [5, 5.41) is 1.54. The Morgan fingerprint density at radius 1 is 0.905 bits per heavy atom. The van der Waals surface area contributed by atoms with E-state index in [1.54, 1.807) is 11.1 Å². The number of aryl methyl sites for hydroxylation is 2. The van der Waals surface area contributed by atoms with Crippen LogP contribution in [0.1, 0.15) is 28.7 Å². The molecule has 0 aliphatic heterocycles. The highest BCUT2D eigenvalue weighted by Gasteiger charge is 2.15. The highest BCUT2D eigenvalue weighted by molar-refractivity contribution is 6.88. The van der Waals surface area contributed by atoms with Gasteiger partial charge in [-0.25, -0.2) is 0 Å². The molecule has 0 fully saturated rings. The van der Waals surface area contributed by atoms with Crippen LogP contribution in [0, 0.1) is 6.42 Å². The molecule has 0 saturated carbocycles. The first-order valence-electron chi connectivity index (χ1n) is 8.07. The summed E-state index contributed by atoms with van der Waals surface area (Å²) in [6.45, 7) is 7.20. The van der Waals surface area contributed by atoms with Gasteiger partial charge in [0.15, 0.2) is 0 Å². The van der Waals surface area contributed by atoms with Gasteiger partial charge >= 0.3 is 0 Å². The van der Waals surface area contributed by atoms with Crippen molar-refractivity contribution in [1.82, 2.24) is 0 Å². The number of rotatable bonds is 4. The molecule has 0 saturated heterocycles. The summed E-state index contributed by atoms with van der Waals surface area (Å²) in [7, 11) is -1.17. The van der Waals surface area contributed by atoms with E-state index in [4.69, 9.17) is 0 Å². The second-order valence-corrected chi connectivity index (χ2v) is 12.3. The summed E-state index contributed by atoms with van der Waals surface area (Å²) >= 11 is 0. The predicted molar refractivity (Wildman–Crippen MR) is 95.0 cm³/mol. The number of hydrogen-bond acceptors (Lipinski definition) is 0. The normalized spacial score (nSPS) is 14.2. The van der Waals surface area contributed by atoms with Crippen molar-refractivity contribution in [2.75, 3.05) is 0 Å². The summed E-state index contributed by atoms with van der Waals surface area (Å²) in [4.78, 5) is 0. The van der Waals surface area contributed by atoms with E-state index in [1.807, 2.05) is 0 Å².